The lowest BCUT2D eigenvalue weighted by atomic mass is 9.87. The van der Waals surface area contributed by atoms with Gasteiger partial charge >= 0.3 is 6.09 Å². The summed E-state index contributed by atoms with van der Waals surface area (Å²) in [7, 11) is 0. The lowest BCUT2D eigenvalue weighted by Crippen LogP contribution is -2.50. The minimum atomic E-state index is -0.716. The van der Waals surface area contributed by atoms with Crippen LogP contribution in [0.1, 0.15) is 54.9 Å². The standard InChI is InChI=1S/C15H27NO4/c1-13(2,3)20-12(18)16-11(8-14(4,5)10-17)9-19-15(16,6)7/h10-11H,8-9H2,1-7H3. The van der Waals surface area contributed by atoms with E-state index < -0.39 is 22.8 Å². The van der Waals surface area contributed by atoms with Gasteiger partial charge in [0, 0.05) is 5.41 Å². The van der Waals surface area contributed by atoms with Gasteiger partial charge in [-0.2, -0.15) is 0 Å². The number of hydrogen-bond donors (Lipinski definition) is 0. The van der Waals surface area contributed by atoms with Crippen molar-refractivity contribution >= 4 is 12.4 Å². The molecule has 1 aliphatic heterocycles. The van der Waals surface area contributed by atoms with Gasteiger partial charge < -0.3 is 14.3 Å². The molecule has 1 amide bonds. The van der Waals surface area contributed by atoms with Crippen molar-refractivity contribution in [3.8, 4) is 0 Å². The lowest BCUT2D eigenvalue weighted by molar-refractivity contribution is -0.115. The zero-order valence-electron chi connectivity index (χ0n) is 13.6. The summed E-state index contributed by atoms with van der Waals surface area (Å²) in [4.78, 5) is 25.1. The Bertz CT molecular complexity index is 382. The molecule has 0 bridgehead atoms. The van der Waals surface area contributed by atoms with Crippen LogP contribution in [0.4, 0.5) is 4.79 Å². The van der Waals surface area contributed by atoms with E-state index in [2.05, 4.69) is 0 Å². The molecule has 20 heavy (non-hydrogen) atoms. The number of rotatable bonds is 3. The normalized spacial score (nSPS) is 22.8. The molecule has 0 aromatic carbocycles. The number of ether oxygens (including phenoxy) is 2. The van der Waals surface area contributed by atoms with E-state index in [-0.39, 0.29) is 6.04 Å². The zero-order valence-corrected chi connectivity index (χ0v) is 13.6. The van der Waals surface area contributed by atoms with E-state index in [9.17, 15) is 9.59 Å². The van der Waals surface area contributed by atoms with Crippen molar-refractivity contribution in [2.45, 2.75) is 72.3 Å². The molecule has 1 atom stereocenters. The van der Waals surface area contributed by atoms with Crippen molar-refractivity contribution in [1.82, 2.24) is 4.90 Å². The average molecular weight is 285 g/mol. The van der Waals surface area contributed by atoms with E-state index in [1.807, 2.05) is 48.5 Å². The fraction of sp³-hybridized carbons (Fsp3) is 0.867. The monoisotopic (exact) mass is 285 g/mol. The predicted octanol–water partition coefficient (Wildman–Crippen LogP) is 2.97. The van der Waals surface area contributed by atoms with Crippen molar-refractivity contribution in [2.75, 3.05) is 6.61 Å². The van der Waals surface area contributed by atoms with Crippen LogP contribution in [0.5, 0.6) is 0 Å². The molecule has 1 fully saturated rings. The van der Waals surface area contributed by atoms with Crippen LogP contribution < -0.4 is 0 Å². The van der Waals surface area contributed by atoms with Crippen LogP contribution in [-0.2, 0) is 14.3 Å². The second-order valence-electron chi connectivity index (χ2n) is 7.57. The van der Waals surface area contributed by atoms with E-state index in [0.29, 0.717) is 13.0 Å². The smallest absolute Gasteiger partial charge is 0.412 e. The van der Waals surface area contributed by atoms with Crippen LogP contribution in [0.2, 0.25) is 0 Å². The highest BCUT2D eigenvalue weighted by molar-refractivity contribution is 5.70. The molecular weight excluding hydrogens is 258 g/mol. The van der Waals surface area contributed by atoms with Gasteiger partial charge in [-0.05, 0) is 41.0 Å². The third-order valence-corrected chi connectivity index (χ3v) is 3.25. The molecule has 1 aliphatic rings. The molecule has 0 aromatic heterocycles. The first-order valence-corrected chi connectivity index (χ1v) is 7.01. The van der Waals surface area contributed by atoms with E-state index in [0.717, 1.165) is 6.29 Å². The van der Waals surface area contributed by atoms with E-state index in [4.69, 9.17) is 9.47 Å². The Morgan fingerprint density at radius 3 is 2.35 bits per heavy atom. The number of aldehydes is 1. The van der Waals surface area contributed by atoms with Crippen molar-refractivity contribution in [3.63, 3.8) is 0 Å². The van der Waals surface area contributed by atoms with Crippen LogP contribution in [-0.4, -0.2) is 41.3 Å². The molecule has 0 spiro atoms. The molecule has 0 N–H and O–H groups in total. The summed E-state index contributed by atoms with van der Waals surface area (Å²) in [6.07, 6.45) is 1.08. The molecule has 0 aromatic rings. The summed E-state index contributed by atoms with van der Waals surface area (Å²) in [5.74, 6) is 0. The topological polar surface area (TPSA) is 55.8 Å². The first-order valence-electron chi connectivity index (χ1n) is 7.01. The maximum atomic E-state index is 12.4. The highest BCUT2D eigenvalue weighted by Crippen LogP contribution is 2.34. The fourth-order valence-corrected chi connectivity index (χ4v) is 2.37. The Hall–Kier alpha value is -1.10. The summed E-state index contributed by atoms with van der Waals surface area (Å²) in [6, 6.07) is -0.153. The predicted molar refractivity (Wildman–Crippen MR) is 76.4 cm³/mol. The van der Waals surface area contributed by atoms with E-state index in [1.165, 1.54) is 0 Å². The van der Waals surface area contributed by atoms with Crippen LogP contribution in [0.3, 0.4) is 0 Å². The minimum absolute atomic E-state index is 0.153. The summed E-state index contributed by atoms with van der Waals surface area (Å²) in [5.41, 5.74) is -1.76. The van der Waals surface area contributed by atoms with Gasteiger partial charge in [-0.3, -0.25) is 4.90 Å². The fourth-order valence-electron chi connectivity index (χ4n) is 2.37. The Balaban J connectivity index is 2.91. The third-order valence-electron chi connectivity index (χ3n) is 3.25. The van der Waals surface area contributed by atoms with Crippen LogP contribution in [0, 0.1) is 5.41 Å². The summed E-state index contributed by atoms with van der Waals surface area (Å²) in [6.45, 7) is 13.3. The van der Waals surface area contributed by atoms with Crippen LogP contribution in [0.25, 0.3) is 0 Å². The average Bonchev–Trinajstić information content (AvgIpc) is 2.50. The maximum Gasteiger partial charge on any atom is 0.412 e. The third kappa shape index (κ3) is 4.20. The van der Waals surface area contributed by atoms with Crippen molar-refractivity contribution < 1.29 is 19.1 Å². The molecule has 116 valence electrons. The Morgan fingerprint density at radius 1 is 1.35 bits per heavy atom. The number of amides is 1. The minimum Gasteiger partial charge on any atom is -0.444 e. The van der Waals surface area contributed by atoms with Crippen molar-refractivity contribution in [3.05, 3.63) is 0 Å². The summed E-state index contributed by atoms with van der Waals surface area (Å²) < 4.78 is 11.2. The first-order chi connectivity index (χ1) is 8.88. The zero-order chi connectivity index (χ0) is 15.8. The molecule has 1 heterocycles. The SMILES string of the molecule is CC(C)(C=O)CC1COC(C)(C)N1C(=O)OC(C)(C)C. The van der Waals surface area contributed by atoms with Crippen molar-refractivity contribution in [2.24, 2.45) is 5.41 Å². The van der Waals surface area contributed by atoms with Gasteiger partial charge in [-0.25, -0.2) is 4.79 Å². The van der Waals surface area contributed by atoms with Gasteiger partial charge in [0.25, 0.3) is 0 Å². The van der Waals surface area contributed by atoms with Crippen LogP contribution >= 0.6 is 0 Å². The number of hydrogen-bond acceptors (Lipinski definition) is 4. The largest absolute Gasteiger partial charge is 0.444 e. The number of carbonyl (C=O) groups excluding carboxylic acids is 2. The number of carbonyl (C=O) groups is 2. The van der Waals surface area contributed by atoms with Crippen molar-refractivity contribution in [1.29, 1.82) is 0 Å². The molecule has 5 heteroatoms. The first kappa shape index (κ1) is 17.0. The second kappa shape index (κ2) is 5.35. The lowest BCUT2D eigenvalue weighted by Gasteiger charge is -2.36. The van der Waals surface area contributed by atoms with E-state index >= 15 is 0 Å². The molecule has 1 saturated heterocycles. The van der Waals surface area contributed by atoms with Gasteiger partial charge in [-0.1, -0.05) is 13.8 Å². The van der Waals surface area contributed by atoms with E-state index in [1.54, 1.807) is 4.90 Å². The number of nitrogens with zero attached hydrogens (tertiary/aromatic N) is 1. The summed E-state index contributed by atoms with van der Waals surface area (Å²) in [5, 5.41) is 0. The Kier molecular flexibility index (Phi) is 4.54. The van der Waals surface area contributed by atoms with Crippen LogP contribution in [0.15, 0.2) is 0 Å². The van der Waals surface area contributed by atoms with Gasteiger partial charge in [0.05, 0.1) is 12.6 Å². The highest BCUT2D eigenvalue weighted by atomic mass is 16.6. The molecule has 0 saturated carbocycles. The molecule has 0 aliphatic carbocycles. The molecule has 0 radical (unpaired) electrons. The highest BCUT2D eigenvalue weighted by Gasteiger charge is 2.47. The van der Waals surface area contributed by atoms with Gasteiger partial charge in [0.2, 0.25) is 0 Å². The Morgan fingerprint density at radius 2 is 1.90 bits per heavy atom. The Labute approximate surface area is 121 Å². The molecule has 5 nitrogen and oxygen atoms in total. The summed E-state index contributed by atoms with van der Waals surface area (Å²) >= 11 is 0. The van der Waals surface area contributed by atoms with Gasteiger partial charge in [0.1, 0.15) is 17.6 Å². The maximum absolute atomic E-state index is 12.4. The molecule has 1 rings (SSSR count). The molecular formula is C15H27NO4. The molecule has 1 unspecified atom stereocenters. The quantitative estimate of drug-likeness (QED) is 0.748. The van der Waals surface area contributed by atoms with Gasteiger partial charge in [0.15, 0.2) is 0 Å². The van der Waals surface area contributed by atoms with Gasteiger partial charge in [-0.15, -0.1) is 0 Å². The second-order valence-corrected chi connectivity index (χ2v) is 7.57.